The molecule has 0 radical (unpaired) electrons. The zero-order valence-corrected chi connectivity index (χ0v) is 12.9. The standard InChI is InChI=1S/C14H24N6O/c1-3-14(4-5-14)10-16-12-17-11(15-2)18-13(19-12)20-6-8-21-9-7-20/h3-10H2,1-2H3,(H2,15,16,17,18,19). The Morgan fingerprint density at radius 2 is 1.86 bits per heavy atom. The van der Waals surface area contributed by atoms with Gasteiger partial charge in [0.25, 0.3) is 0 Å². The molecule has 3 rings (SSSR count). The maximum absolute atomic E-state index is 5.38. The molecule has 0 amide bonds. The summed E-state index contributed by atoms with van der Waals surface area (Å²) in [5, 5.41) is 6.41. The van der Waals surface area contributed by atoms with E-state index in [0.29, 0.717) is 17.3 Å². The van der Waals surface area contributed by atoms with Gasteiger partial charge in [0, 0.05) is 26.7 Å². The van der Waals surface area contributed by atoms with Gasteiger partial charge < -0.3 is 20.3 Å². The van der Waals surface area contributed by atoms with Gasteiger partial charge in [-0.15, -0.1) is 0 Å². The molecule has 0 atom stereocenters. The normalized spacial score (nSPS) is 20.2. The largest absolute Gasteiger partial charge is 0.378 e. The number of nitrogens with zero attached hydrogens (tertiary/aromatic N) is 4. The zero-order valence-electron chi connectivity index (χ0n) is 12.9. The van der Waals surface area contributed by atoms with Gasteiger partial charge in [0.2, 0.25) is 17.8 Å². The predicted octanol–water partition coefficient (Wildman–Crippen LogP) is 1.35. The summed E-state index contributed by atoms with van der Waals surface area (Å²) in [6.07, 6.45) is 3.81. The van der Waals surface area contributed by atoms with Crippen molar-refractivity contribution in [1.82, 2.24) is 15.0 Å². The number of rotatable bonds is 6. The average molecular weight is 292 g/mol. The molecule has 2 fully saturated rings. The second-order valence-electron chi connectivity index (χ2n) is 5.84. The fourth-order valence-corrected chi connectivity index (χ4v) is 2.56. The molecular weight excluding hydrogens is 268 g/mol. The maximum Gasteiger partial charge on any atom is 0.232 e. The molecule has 1 aliphatic heterocycles. The third kappa shape index (κ3) is 3.34. The van der Waals surface area contributed by atoms with Gasteiger partial charge >= 0.3 is 0 Å². The van der Waals surface area contributed by atoms with Crippen LogP contribution in [0.5, 0.6) is 0 Å². The van der Waals surface area contributed by atoms with Crippen molar-refractivity contribution in [3.8, 4) is 0 Å². The number of ether oxygens (including phenoxy) is 1. The Morgan fingerprint density at radius 1 is 1.14 bits per heavy atom. The Labute approximate surface area is 125 Å². The van der Waals surface area contributed by atoms with Crippen molar-refractivity contribution in [1.29, 1.82) is 0 Å². The quantitative estimate of drug-likeness (QED) is 0.819. The summed E-state index contributed by atoms with van der Waals surface area (Å²) in [7, 11) is 1.83. The van der Waals surface area contributed by atoms with E-state index in [9.17, 15) is 0 Å². The molecule has 0 unspecified atom stereocenters. The van der Waals surface area contributed by atoms with E-state index in [1.165, 1.54) is 19.3 Å². The minimum atomic E-state index is 0.464. The first kappa shape index (κ1) is 14.3. The second kappa shape index (κ2) is 6.01. The molecule has 1 aromatic heterocycles. The molecule has 7 nitrogen and oxygen atoms in total. The summed E-state index contributed by atoms with van der Waals surface area (Å²) in [5.41, 5.74) is 0.464. The third-order valence-corrected chi connectivity index (χ3v) is 4.47. The van der Waals surface area contributed by atoms with Crippen LogP contribution < -0.4 is 15.5 Å². The van der Waals surface area contributed by atoms with Crippen LogP contribution in [-0.4, -0.2) is 54.8 Å². The molecule has 1 saturated heterocycles. The number of nitrogens with one attached hydrogen (secondary N) is 2. The molecule has 21 heavy (non-hydrogen) atoms. The van der Waals surface area contributed by atoms with Crippen molar-refractivity contribution < 1.29 is 4.74 Å². The summed E-state index contributed by atoms with van der Waals surface area (Å²) < 4.78 is 5.38. The highest BCUT2D eigenvalue weighted by Gasteiger charge is 2.40. The van der Waals surface area contributed by atoms with Crippen LogP contribution in [0.25, 0.3) is 0 Å². The van der Waals surface area contributed by atoms with Crippen LogP contribution in [0.1, 0.15) is 26.2 Å². The lowest BCUT2D eigenvalue weighted by Crippen LogP contribution is -2.37. The fourth-order valence-electron chi connectivity index (χ4n) is 2.56. The summed E-state index contributed by atoms with van der Waals surface area (Å²) in [6, 6.07) is 0. The predicted molar refractivity (Wildman–Crippen MR) is 82.9 cm³/mol. The van der Waals surface area contributed by atoms with Crippen LogP contribution >= 0.6 is 0 Å². The zero-order chi connectivity index (χ0) is 14.7. The highest BCUT2D eigenvalue weighted by Crippen LogP contribution is 2.48. The average Bonchev–Trinajstić information content (AvgIpc) is 3.34. The van der Waals surface area contributed by atoms with Gasteiger partial charge in [0.15, 0.2) is 0 Å². The van der Waals surface area contributed by atoms with E-state index in [1.807, 2.05) is 7.05 Å². The van der Waals surface area contributed by atoms with Gasteiger partial charge in [-0.25, -0.2) is 0 Å². The van der Waals surface area contributed by atoms with Crippen LogP contribution in [0.3, 0.4) is 0 Å². The first-order valence-electron chi connectivity index (χ1n) is 7.75. The number of anilines is 3. The summed E-state index contributed by atoms with van der Waals surface area (Å²) >= 11 is 0. The number of aromatic nitrogens is 3. The van der Waals surface area contributed by atoms with Gasteiger partial charge in [0.1, 0.15) is 0 Å². The Balaban J connectivity index is 1.73. The molecule has 116 valence electrons. The summed E-state index contributed by atoms with van der Waals surface area (Å²) in [6.45, 7) is 6.29. The monoisotopic (exact) mass is 292 g/mol. The number of hydrogen-bond acceptors (Lipinski definition) is 7. The van der Waals surface area contributed by atoms with E-state index in [2.05, 4.69) is 37.4 Å². The minimum Gasteiger partial charge on any atom is -0.378 e. The van der Waals surface area contributed by atoms with Crippen LogP contribution in [-0.2, 0) is 4.74 Å². The van der Waals surface area contributed by atoms with Crippen molar-refractivity contribution >= 4 is 17.8 Å². The lowest BCUT2D eigenvalue weighted by molar-refractivity contribution is 0.122. The van der Waals surface area contributed by atoms with Gasteiger partial charge in [-0.2, -0.15) is 15.0 Å². The van der Waals surface area contributed by atoms with Crippen molar-refractivity contribution in [3.05, 3.63) is 0 Å². The highest BCUT2D eigenvalue weighted by atomic mass is 16.5. The Kier molecular flexibility index (Phi) is 4.10. The fraction of sp³-hybridized carbons (Fsp3) is 0.786. The molecule has 7 heteroatoms. The Bertz CT molecular complexity index is 484. The van der Waals surface area contributed by atoms with E-state index in [0.717, 1.165) is 38.8 Å². The smallest absolute Gasteiger partial charge is 0.232 e. The van der Waals surface area contributed by atoms with Crippen LogP contribution in [0.4, 0.5) is 17.8 Å². The molecule has 0 aromatic carbocycles. The molecule has 1 aromatic rings. The SMILES string of the molecule is CCC1(CNc2nc(NC)nc(N3CCOCC3)n2)CC1. The van der Waals surface area contributed by atoms with Crippen molar-refractivity contribution in [3.63, 3.8) is 0 Å². The van der Waals surface area contributed by atoms with E-state index < -0.39 is 0 Å². The van der Waals surface area contributed by atoms with Gasteiger partial charge in [-0.3, -0.25) is 0 Å². The molecule has 2 N–H and O–H groups in total. The first-order chi connectivity index (χ1) is 10.2. The minimum absolute atomic E-state index is 0.464. The Hall–Kier alpha value is -1.63. The molecule has 1 aliphatic carbocycles. The molecule has 1 saturated carbocycles. The number of hydrogen-bond donors (Lipinski definition) is 2. The van der Waals surface area contributed by atoms with Crippen LogP contribution in [0.2, 0.25) is 0 Å². The lowest BCUT2D eigenvalue weighted by atomic mass is 10.0. The molecule has 2 heterocycles. The van der Waals surface area contributed by atoms with E-state index in [4.69, 9.17) is 4.74 Å². The molecular formula is C14H24N6O. The van der Waals surface area contributed by atoms with Gasteiger partial charge in [-0.1, -0.05) is 6.92 Å². The van der Waals surface area contributed by atoms with Crippen molar-refractivity contribution in [2.45, 2.75) is 26.2 Å². The summed E-state index contributed by atoms with van der Waals surface area (Å²) in [4.78, 5) is 15.6. The molecule has 2 aliphatic rings. The first-order valence-corrected chi connectivity index (χ1v) is 7.75. The number of morpholine rings is 1. The Morgan fingerprint density at radius 3 is 2.48 bits per heavy atom. The van der Waals surface area contributed by atoms with Crippen LogP contribution in [0, 0.1) is 5.41 Å². The van der Waals surface area contributed by atoms with Gasteiger partial charge in [0.05, 0.1) is 13.2 Å². The summed E-state index contributed by atoms with van der Waals surface area (Å²) in [5.74, 6) is 1.99. The van der Waals surface area contributed by atoms with Crippen molar-refractivity contribution in [2.24, 2.45) is 5.41 Å². The lowest BCUT2D eigenvalue weighted by Gasteiger charge is -2.27. The maximum atomic E-state index is 5.38. The van der Waals surface area contributed by atoms with E-state index >= 15 is 0 Å². The molecule has 0 spiro atoms. The van der Waals surface area contributed by atoms with Crippen molar-refractivity contribution in [2.75, 3.05) is 55.4 Å². The van der Waals surface area contributed by atoms with E-state index in [1.54, 1.807) is 0 Å². The topological polar surface area (TPSA) is 75.2 Å². The third-order valence-electron chi connectivity index (χ3n) is 4.47. The van der Waals surface area contributed by atoms with Crippen LogP contribution in [0.15, 0.2) is 0 Å². The highest BCUT2D eigenvalue weighted by molar-refractivity contribution is 5.44. The second-order valence-corrected chi connectivity index (χ2v) is 5.84. The van der Waals surface area contributed by atoms with E-state index in [-0.39, 0.29) is 0 Å². The van der Waals surface area contributed by atoms with Gasteiger partial charge in [-0.05, 0) is 24.7 Å². The molecule has 0 bridgehead atoms.